The molecule has 0 fully saturated rings. The Balaban J connectivity index is 0.000000441. The Morgan fingerprint density at radius 2 is 2.15 bits per heavy atom. The summed E-state index contributed by atoms with van der Waals surface area (Å²) in [5.74, 6) is -0.966. The minimum Gasteiger partial charge on any atom is -0.478 e. The normalized spacial score (nSPS) is 10.7. The minimum atomic E-state index is -4.26. The highest BCUT2D eigenvalue weighted by Crippen LogP contribution is 2.29. The maximum atomic E-state index is 10.9. The van der Waals surface area contributed by atoms with Gasteiger partial charge < -0.3 is 14.0 Å². The molecule has 1 aromatic heterocycles. The molecular formula is C10H14F3N2O4S+. The van der Waals surface area contributed by atoms with Crippen molar-refractivity contribution in [1.82, 2.24) is 5.10 Å². The number of carbonyl (C=O) groups is 1. The van der Waals surface area contributed by atoms with Crippen molar-refractivity contribution >= 4 is 18.0 Å². The van der Waals surface area contributed by atoms with E-state index in [9.17, 15) is 18.0 Å². The molecule has 1 N–H and O–H groups in total. The van der Waals surface area contributed by atoms with Gasteiger partial charge in [-0.1, -0.05) is 4.68 Å². The van der Waals surface area contributed by atoms with Crippen LogP contribution in [0, 0.1) is 0 Å². The van der Waals surface area contributed by atoms with Crippen molar-refractivity contribution in [2.45, 2.75) is 12.1 Å². The number of hydrogen-bond donors (Lipinski definition) is 1. The monoisotopic (exact) mass is 315 g/mol. The van der Waals surface area contributed by atoms with Crippen molar-refractivity contribution in [2.75, 3.05) is 20.8 Å². The molecule has 0 atom stereocenters. The molecule has 0 radical (unpaired) electrons. The molecule has 0 spiro atoms. The Morgan fingerprint density at radius 1 is 1.50 bits per heavy atom. The van der Waals surface area contributed by atoms with Crippen LogP contribution in [0.15, 0.2) is 18.5 Å². The summed E-state index contributed by atoms with van der Waals surface area (Å²) in [6.07, 6.45) is 2.93. The van der Waals surface area contributed by atoms with Crippen LogP contribution in [0.5, 0.6) is 0 Å². The number of ether oxygens (including phenoxy) is 1. The number of carboxylic acids is 1. The van der Waals surface area contributed by atoms with E-state index in [1.54, 1.807) is 18.0 Å². The summed E-state index contributed by atoms with van der Waals surface area (Å²) < 4.78 is 42.8. The maximum absolute atomic E-state index is 10.9. The molecule has 0 amide bonds. The molecule has 114 valence electrons. The lowest BCUT2D eigenvalue weighted by molar-refractivity contribution is -0.754. The van der Waals surface area contributed by atoms with Crippen LogP contribution >= 0.6 is 12.0 Å². The van der Waals surface area contributed by atoms with Crippen LogP contribution in [-0.4, -0.2) is 42.5 Å². The van der Waals surface area contributed by atoms with Crippen molar-refractivity contribution in [2.24, 2.45) is 0 Å². The second kappa shape index (κ2) is 9.50. The predicted octanol–water partition coefficient (Wildman–Crippen LogP) is 1.51. The number of rotatable bonds is 5. The van der Waals surface area contributed by atoms with Gasteiger partial charge in [-0.25, -0.2) is 4.79 Å². The zero-order valence-corrected chi connectivity index (χ0v) is 11.6. The number of hydrogen-bond acceptors (Lipinski definition) is 5. The summed E-state index contributed by atoms with van der Waals surface area (Å²) in [4.78, 5) is 10.5. The lowest BCUT2D eigenvalue weighted by Crippen LogP contribution is -2.39. The van der Waals surface area contributed by atoms with Crippen LogP contribution < -0.4 is 4.68 Å². The zero-order chi connectivity index (χ0) is 15.6. The van der Waals surface area contributed by atoms with E-state index in [4.69, 9.17) is 9.84 Å². The van der Waals surface area contributed by atoms with Crippen LogP contribution in [0.25, 0.3) is 0 Å². The van der Waals surface area contributed by atoms with Gasteiger partial charge in [-0.3, -0.25) is 0 Å². The first-order valence-electron chi connectivity index (χ1n) is 5.16. The third-order valence-corrected chi connectivity index (χ3v) is 2.08. The first-order valence-corrected chi connectivity index (χ1v) is 5.91. The molecule has 0 aliphatic rings. The molecule has 6 nitrogen and oxygen atoms in total. The van der Waals surface area contributed by atoms with E-state index in [2.05, 4.69) is 9.28 Å². The van der Waals surface area contributed by atoms with Crippen LogP contribution in [0.3, 0.4) is 0 Å². The molecular weight excluding hydrogens is 301 g/mol. The molecule has 1 rings (SSSR count). The standard InChI is InChI=1S/C8H10N2O3.C2H3F3OS/c1-13-5-4-10-3-2-7(6-9-10)8(11)12;1-6-7-2(3,4)5/h2-3,6H,4-5H2,1H3;1H3/p+1. The molecule has 10 heteroatoms. The van der Waals surface area contributed by atoms with Crippen LogP contribution in [0.1, 0.15) is 10.4 Å². The van der Waals surface area contributed by atoms with Crippen molar-refractivity contribution in [1.29, 1.82) is 0 Å². The molecule has 0 aliphatic carbocycles. The highest BCUT2D eigenvalue weighted by molar-refractivity contribution is 7.95. The largest absolute Gasteiger partial charge is 0.478 e. The van der Waals surface area contributed by atoms with Gasteiger partial charge in [0.2, 0.25) is 0 Å². The summed E-state index contributed by atoms with van der Waals surface area (Å²) in [5, 5.41) is 12.5. The first-order chi connectivity index (χ1) is 9.30. The van der Waals surface area contributed by atoms with Crippen LogP contribution in [0.4, 0.5) is 13.2 Å². The first kappa shape index (κ1) is 18.6. The van der Waals surface area contributed by atoms with Crippen LogP contribution in [-0.2, 0) is 15.5 Å². The summed E-state index contributed by atoms with van der Waals surface area (Å²) in [7, 11) is 2.57. The summed E-state index contributed by atoms with van der Waals surface area (Å²) in [6.45, 7) is 1.18. The number of nitrogens with zero attached hydrogens (tertiary/aromatic N) is 2. The predicted molar refractivity (Wildman–Crippen MR) is 63.9 cm³/mol. The fourth-order valence-corrected chi connectivity index (χ4v) is 1.11. The highest BCUT2D eigenvalue weighted by atomic mass is 32.2. The van der Waals surface area contributed by atoms with E-state index in [1.165, 1.54) is 12.3 Å². The number of carboxylic acid groups (broad SMARTS) is 1. The molecule has 0 saturated carbocycles. The van der Waals surface area contributed by atoms with Crippen molar-refractivity contribution in [3.8, 4) is 0 Å². The Bertz CT molecular complexity index is 400. The lowest BCUT2D eigenvalue weighted by atomic mass is 10.3. The van der Waals surface area contributed by atoms with Gasteiger partial charge in [0, 0.05) is 13.2 Å². The number of halogens is 3. The van der Waals surface area contributed by atoms with E-state index in [1.807, 2.05) is 0 Å². The number of aromatic carboxylic acids is 1. The summed E-state index contributed by atoms with van der Waals surface area (Å²) >= 11 is -0.512. The van der Waals surface area contributed by atoms with E-state index < -0.39 is 23.5 Å². The van der Waals surface area contributed by atoms with E-state index in [-0.39, 0.29) is 5.56 Å². The second-order valence-electron chi connectivity index (χ2n) is 3.17. The van der Waals surface area contributed by atoms with Gasteiger partial charge in [-0.2, -0.15) is 13.2 Å². The fourth-order valence-electron chi connectivity index (χ4n) is 0.922. The van der Waals surface area contributed by atoms with Gasteiger partial charge in [0.1, 0.15) is 24.8 Å². The van der Waals surface area contributed by atoms with Gasteiger partial charge in [-0.05, 0) is 5.10 Å². The van der Waals surface area contributed by atoms with Gasteiger partial charge >= 0.3 is 11.5 Å². The average molecular weight is 315 g/mol. The Morgan fingerprint density at radius 3 is 2.45 bits per heavy atom. The maximum Gasteiger partial charge on any atom is 0.467 e. The van der Waals surface area contributed by atoms with Crippen molar-refractivity contribution in [3.63, 3.8) is 0 Å². The van der Waals surface area contributed by atoms with Gasteiger partial charge in [-0.15, -0.1) is 0 Å². The third-order valence-electron chi connectivity index (χ3n) is 1.72. The van der Waals surface area contributed by atoms with Gasteiger partial charge in [0.05, 0.1) is 12.7 Å². The quantitative estimate of drug-likeness (QED) is 0.656. The van der Waals surface area contributed by atoms with Crippen molar-refractivity contribution in [3.05, 3.63) is 24.0 Å². The van der Waals surface area contributed by atoms with E-state index >= 15 is 0 Å². The van der Waals surface area contributed by atoms with E-state index in [0.29, 0.717) is 13.2 Å². The number of aromatic nitrogens is 2. The number of methoxy groups -OCH3 is 1. The third kappa shape index (κ3) is 9.53. The Hall–Kier alpha value is -1.39. The molecule has 1 heterocycles. The highest BCUT2D eigenvalue weighted by Gasteiger charge is 2.28. The fraction of sp³-hybridized carbons (Fsp3) is 0.500. The molecule has 0 aromatic carbocycles. The SMILES string of the molecule is COCC[n+]1ccc(C(=O)O)cn1.COSC(F)(F)F. The average Bonchev–Trinajstić information content (AvgIpc) is 2.36. The molecule has 20 heavy (non-hydrogen) atoms. The molecule has 0 saturated heterocycles. The molecule has 0 bridgehead atoms. The summed E-state index contributed by atoms with van der Waals surface area (Å²) in [5.41, 5.74) is -4.07. The zero-order valence-electron chi connectivity index (χ0n) is 10.8. The van der Waals surface area contributed by atoms with Gasteiger partial charge in [0.25, 0.3) is 0 Å². The number of alkyl halides is 3. The lowest BCUT2D eigenvalue weighted by Gasteiger charge is -1.98. The topological polar surface area (TPSA) is 72.5 Å². The summed E-state index contributed by atoms with van der Waals surface area (Å²) in [6, 6.07) is 1.50. The molecule has 1 aromatic rings. The Kier molecular flexibility index (Phi) is 8.84. The van der Waals surface area contributed by atoms with E-state index in [0.717, 1.165) is 7.11 Å². The van der Waals surface area contributed by atoms with Crippen LogP contribution in [0.2, 0.25) is 0 Å². The molecule has 0 aliphatic heterocycles. The van der Waals surface area contributed by atoms with Crippen molar-refractivity contribution < 1.29 is 36.7 Å². The molecule has 0 unspecified atom stereocenters. The smallest absolute Gasteiger partial charge is 0.467 e. The minimum absolute atomic E-state index is 0.189. The second-order valence-corrected chi connectivity index (χ2v) is 4.14. The Labute approximate surface area is 117 Å². The van der Waals surface area contributed by atoms with Gasteiger partial charge in [0.15, 0.2) is 12.7 Å².